The zero-order chi connectivity index (χ0) is 12.9. The summed E-state index contributed by atoms with van der Waals surface area (Å²) < 4.78 is -0.126. The Morgan fingerprint density at radius 2 is 1.94 bits per heavy atom. The molecule has 0 radical (unpaired) electrons. The lowest BCUT2D eigenvalue weighted by Gasteiger charge is -2.27. The minimum Gasteiger partial charge on any atom is -0.480 e. The molecule has 0 amide bonds. The minimum atomic E-state index is -1.10. The first-order valence-electron chi connectivity index (χ1n) is 4.67. The van der Waals surface area contributed by atoms with Gasteiger partial charge < -0.3 is 5.11 Å². The summed E-state index contributed by atoms with van der Waals surface area (Å²) in [5.74, 6) is -1.13. The zero-order valence-corrected chi connectivity index (χ0v) is 10.9. The maximum atomic E-state index is 11.0. The Balaban J connectivity index is 4.69. The smallest absolute Gasteiger partial charge is 0.324 e. The predicted octanol–water partition coefficient (Wildman–Crippen LogP) is 2.11. The van der Waals surface area contributed by atoms with E-state index in [4.69, 9.17) is 28.3 Å². The van der Waals surface area contributed by atoms with Gasteiger partial charge >= 0.3 is 5.97 Å². The highest BCUT2D eigenvalue weighted by Gasteiger charge is 2.26. The van der Waals surface area contributed by atoms with Crippen molar-refractivity contribution in [2.45, 2.75) is 38.8 Å². The number of carboxylic acids is 1. The maximum absolute atomic E-state index is 11.0. The third-order valence-electron chi connectivity index (χ3n) is 1.80. The van der Waals surface area contributed by atoms with E-state index >= 15 is 0 Å². The number of rotatable bonds is 6. The molecular weight excluding hydrogens is 253 g/mol. The molecule has 1 atom stereocenters. The van der Waals surface area contributed by atoms with E-state index in [1.807, 2.05) is 0 Å². The van der Waals surface area contributed by atoms with Crippen molar-refractivity contribution in [2.75, 3.05) is 0 Å². The summed E-state index contributed by atoms with van der Waals surface area (Å²) >= 11 is 10.8. The van der Waals surface area contributed by atoms with Gasteiger partial charge in [0.25, 0.3) is 0 Å². The number of aliphatic carboxylic acids is 1. The predicted molar refractivity (Wildman–Crippen MR) is 63.7 cm³/mol. The van der Waals surface area contributed by atoms with Crippen LogP contribution in [0.4, 0.5) is 0 Å². The van der Waals surface area contributed by atoms with E-state index < -0.39 is 17.6 Å². The highest BCUT2D eigenvalue weighted by atomic mass is 35.5. The second kappa shape index (κ2) is 6.23. The van der Waals surface area contributed by atoms with Crippen LogP contribution in [0.5, 0.6) is 0 Å². The van der Waals surface area contributed by atoms with Crippen molar-refractivity contribution >= 4 is 35.0 Å². The summed E-state index contributed by atoms with van der Waals surface area (Å²) in [6, 6.07) is -1.01. The molecule has 4 nitrogen and oxygen atoms in total. The van der Waals surface area contributed by atoms with E-state index in [-0.39, 0.29) is 16.7 Å². The van der Waals surface area contributed by atoms with Crippen LogP contribution in [0.1, 0.15) is 27.2 Å². The number of nitrogens with one attached hydrogen (secondary N) is 1. The molecule has 0 spiro atoms. The molecule has 0 aliphatic heterocycles. The van der Waals surface area contributed by atoms with E-state index in [0.29, 0.717) is 0 Å². The molecule has 92 valence electrons. The standard InChI is InChI=1S/C10H15Cl2NO3/c1-6(14)5-10(2,3)13-7(9(15)16)4-8(11)12/h4,7,13H,5H2,1-3H3,(H,15,16). The van der Waals surface area contributed by atoms with E-state index in [2.05, 4.69) is 5.32 Å². The van der Waals surface area contributed by atoms with Crippen molar-refractivity contribution in [3.05, 3.63) is 10.6 Å². The number of carbonyl (C=O) groups is 2. The molecule has 6 heteroatoms. The number of carbonyl (C=O) groups excluding carboxylic acids is 1. The fourth-order valence-corrected chi connectivity index (χ4v) is 1.65. The van der Waals surface area contributed by atoms with Gasteiger partial charge in [0.1, 0.15) is 16.3 Å². The van der Waals surface area contributed by atoms with Gasteiger partial charge in [-0.25, -0.2) is 0 Å². The molecule has 16 heavy (non-hydrogen) atoms. The fourth-order valence-electron chi connectivity index (χ4n) is 1.40. The summed E-state index contributed by atoms with van der Waals surface area (Å²) in [5, 5.41) is 11.7. The van der Waals surface area contributed by atoms with Crippen molar-refractivity contribution in [3.8, 4) is 0 Å². The van der Waals surface area contributed by atoms with Gasteiger partial charge in [-0.2, -0.15) is 0 Å². The average molecular weight is 268 g/mol. The van der Waals surface area contributed by atoms with Gasteiger partial charge in [0, 0.05) is 12.0 Å². The minimum absolute atomic E-state index is 0.0254. The topological polar surface area (TPSA) is 66.4 Å². The van der Waals surface area contributed by atoms with Crippen molar-refractivity contribution in [3.63, 3.8) is 0 Å². The zero-order valence-electron chi connectivity index (χ0n) is 9.38. The lowest BCUT2D eigenvalue weighted by Crippen LogP contribution is -2.49. The summed E-state index contributed by atoms with van der Waals surface area (Å²) in [7, 11) is 0. The van der Waals surface area contributed by atoms with Crippen molar-refractivity contribution in [2.24, 2.45) is 0 Å². The normalized spacial score (nSPS) is 13.1. The van der Waals surface area contributed by atoms with Crippen molar-refractivity contribution in [1.29, 1.82) is 0 Å². The molecule has 0 bridgehead atoms. The highest BCUT2D eigenvalue weighted by Crippen LogP contribution is 2.13. The van der Waals surface area contributed by atoms with Crippen LogP contribution in [0.25, 0.3) is 0 Å². The summed E-state index contributed by atoms with van der Waals surface area (Å²) in [5.41, 5.74) is -0.630. The molecule has 0 aliphatic carbocycles. The van der Waals surface area contributed by atoms with Crippen LogP contribution in [0, 0.1) is 0 Å². The molecule has 0 aliphatic rings. The molecule has 0 fully saturated rings. The van der Waals surface area contributed by atoms with Crippen LogP contribution < -0.4 is 5.32 Å². The number of carboxylic acid groups (broad SMARTS) is 1. The second-order valence-corrected chi connectivity index (χ2v) is 5.19. The SMILES string of the molecule is CC(=O)CC(C)(C)NC(C=C(Cl)Cl)C(=O)O. The quantitative estimate of drug-likeness (QED) is 0.774. The second-order valence-electron chi connectivity index (χ2n) is 4.18. The molecular formula is C10H15Cl2NO3. The monoisotopic (exact) mass is 267 g/mol. The van der Waals surface area contributed by atoms with Gasteiger partial charge in [0.2, 0.25) is 0 Å². The molecule has 0 aromatic rings. The van der Waals surface area contributed by atoms with Gasteiger partial charge in [0.15, 0.2) is 0 Å². The van der Waals surface area contributed by atoms with Crippen LogP contribution >= 0.6 is 23.2 Å². The molecule has 1 unspecified atom stereocenters. The molecule has 0 saturated heterocycles. The molecule has 0 rings (SSSR count). The maximum Gasteiger partial charge on any atom is 0.324 e. The van der Waals surface area contributed by atoms with Gasteiger partial charge in [-0.3, -0.25) is 14.9 Å². The molecule has 2 N–H and O–H groups in total. The Labute approximate surface area is 105 Å². The number of Topliss-reactive ketones (excluding diaryl/α,β-unsaturated/α-hetero) is 1. The Bertz CT molecular complexity index is 309. The van der Waals surface area contributed by atoms with E-state index in [0.717, 1.165) is 0 Å². The Hall–Kier alpha value is -0.580. The van der Waals surface area contributed by atoms with Crippen LogP contribution in [-0.2, 0) is 9.59 Å². The largest absolute Gasteiger partial charge is 0.480 e. The molecule has 0 heterocycles. The number of ketones is 1. The lowest BCUT2D eigenvalue weighted by atomic mass is 9.97. The lowest BCUT2D eigenvalue weighted by molar-refractivity contribution is -0.139. The summed E-state index contributed by atoms with van der Waals surface area (Å²) in [6.45, 7) is 4.92. The third kappa shape index (κ3) is 6.82. The molecule has 0 aromatic carbocycles. The first-order chi connectivity index (χ1) is 7.14. The van der Waals surface area contributed by atoms with Gasteiger partial charge in [-0.1, -0.05) is 23.2 Å². The van der Waals surface area contributed by atoms with E-state index in [9.17, 15) is 9.59 Å². The van der Waals surface area contributed by atoms with E-state index in [1.54, 1.807) is 13.8 Å². The number of halogens is 2. The van der Waals surface area contributed by atoms with E-state index in [1.165, 1.54) is 13.0 Å². The average Bonchev–Trinajstić information content (AvgIpc) is 1.98. The van der Waals surface area contributed by atoms with Gasteiger partial charge in [0.05, 0.1) is 0 Å². The Morgan fingerprint density at radius 3 is 2.25 bits per heavy atom. The Morgan fingerprint density at radius 1 is 1.44 bits per heavy atom. The van der Waals surface area contributed by atoms with Crippen LogP contribution in [0.3, 0.4) is 0 Å². The Kier molecular flexibility index (Phi) is 6.00. The first-order valence-corrected chi connectivity index (χ1v) is 5.42. The molecule has 0 aromatic heterocycles. The number of hydrogen-bond donors (Lipinski definition) is 2. The van der Waals surface area contributed by atoms with Crippen LogP contribution in [-0.4, -0.2) is 28.4 Å². The van der Waals surface area contributed by atoms with Gasteiger partial charge in [-0.05, 0) is 26.8 Å². The van der Waals surface area contributed by atoms with Gasteiger partial charge in [-0.15, -0.1) is 0 Å². The fraction of sp³-hybridized carbons (Fsp3) is 0.600. The van der Waals surface area contributed by atoms with Crippen molar-refractivity contribution in [1.82, 2.24) is 5.32 Å². The number of hydrogen-bond acceptors (Lipinski definition) is 3. The van der Waals surface area contributed by atoms with Crippen LogP contribution in [0.15, 0.2) is 10.6 Å². The summed E-state index contributed by atoms with van der Waals surface area (Å²) in [4.78, 5) is 21.9. The molecule has 0 saturated carbocycles. The highest BCUT2D eigenvalue weighted by molar-refractivity contribution is 6.56. The first kappa shape index (κ1) is 15.4. The third-order valence-corrected chi connectivity index (χ3v) is 2.05. The summed E-state index contributed by atoms with van der Waals surface area (Å²) in [6.07, 6.45) is 1.40. The van der Waals surface area contributed by atoms with Crippen LogP contribution in [0.2, 0.25) is 0 Å². The van der Waals surface area contributed by atoms with Crippen molar-refractivity contribution < 1.29 is 14.7 Å².